The lowest BCUT2D eigenvalue weighted by atomic mass is 9.95. The van der Waals surface area contributed by atoms with Gasteiger partial charge in [0.2, 0.25) is 0 Å². The number of hydrogen-bond acceptors (Lipinski definition) is 6. The van der Waals surface area contributed by atoms with E-state index in [9.17, 15) is 9.59 Å². The van der Waals surface area contributed by atoms with E-state index in [-0.39, 0.29) is 23.8 Å². The van der Waals surface area contributed by atoms with Crippen molar-refractivity contribution in [3.63, 3.8) is 0 Å². The van der Waals surface area contributed by atoms with Gasteiger partial charge in [-0.15, -0.1) is 5.10 Å². The third-order valence-corrected chi connectivity index (χ3v) is 4.48. The molecule has 0 unspecified atom stereocenters. The van der Waals surface area contributed by atoms with Gasteiger partial charge in [-0.05, 0) is 35.7 Å². The van der Waals surface area contributed by atoms with Gasteiger partial charge < -0.3 is 9.47 Å². The van der Waals surface area contributed by atoms with E-state index >= 15 is 0 Å². The van der Waals surface area contributed by atoms with Crippen molar-refractivity contribution in [2.75, 3.05) is 14.2 Å². The van der Waals surface area contributed by atoms with Crippen LogP contribution in [0, 0.1) is 0 Å². The Bertz CT molecular complexity index is 1010. The Kier molecular flexibility index (Phi) is 5.49. The molecule has 0 spiro atoms. The Balaban J connectivity index is 1.75. The van der Waals surface area contributed by atoms with Gasteiger partial charge in [-0.2, -0.15) is 0 Å². The summed E-state index contributed by atoms with van der Waals surface area (Å²) in [6.45, 7) is 1.86. The molecule has 0 saturated heterocycles. The normalized spacial score (nSPS) is 12.0. The zero-order valence-corrected chi connectivity index (χ0v) is 15.5. The molecule has 0 radical (unpaired) electrons. The molecule has 3 rings (SSSR count). The summed E-state index contributed by atoms with van der Waals surface area (Å²) in [7, 11) is 3.12. The Morgan fingerprint density at radius 3 is 2.52 bits per heavy atom. The maximum atomic E-state index is 12.6. The van der Waals surface area contributed by atoms with E-state index in [1.165, 1.54) is 7.11 Å². The lowest BCUT2D eigenvalue weighted by Crippen LogP contribution is -2.28. The largest absolute Gasteiger partial charge is 0.497 e. The monoisotopic (exact) mass is 367 g/mol. The molecule has 1 aromatic heterocycles. The average Bonchev–Trinajstić information content (AvgIpc) is 2.69. The highest BCUT2D eigenvalue weighted by molar-refractivity contribution is 5.83. The number of Topliss-reactive ketones (excluding diaryl/α,β-unsaturated/α-hetero) is 1. The SMILES string of the molecule is COc1ccc([C@H](C)CC(=O)Cn2nnc3c(OC)cccc3c2=O)cc1. The number of hydrogen-bond donors (Lipinski definition) is 0. The molecule has 140 valence electrons. The second kappa shape index (κ2) is 7.99. The van der Waals surface area contributed by atoms with Crippen LogP contribution in [0.15, 0.2) is 47.3 Å². The van der Waals surface area contributed by atoms with Gasteiger partial charge in [0.15, 0.2) is 5.78 Å². The second-order valence-corrected chi connectivity index (χ2v) is 6.33. The van der Waals surface area contributed by atoms with Gasteiger partial charge in [-0.3, -0.25) is 9.59 Å². The number of ketones is 1. The lowest BCUT2D eigenvalue weighted by Gasteiger charge is -2.12. The summed E-state index contributed by atoms with van der Waals surface area (Å²) in [6.07, 6.45) is 0.302. The number of methoxy groups -OCH3 is 2. The predicted octanol–water partition coefficient (Wildman–Crippen LogP) is 2.57. The van der Waals surface area contributed by atoms with Crippen LogP contribution in [0.3, 0.4) is 0 Å². The molecule has 0 aliphatic carbocycles. The Morgan fingerprint density at radius 1 is 1.11 bits per heavy atom. The van der Waals surface area contributed by atoms with Gasteiger partial charge in [0.1, 0.15) is 23.6 Å². The summed E-state index contributed by atoms with van der Waals surface area (Å²) in [5, 5.41) is 8.31. The molecule has 1 atom stereocenters. The highest BCUT2D eigenvalue weighted by atomic mass is 16.5. The van der Waals surface area contributed by atoms with E-state index < -0.39 is 0 Å². The number of aromatic nitrogens is 3. The van der Waals surface area contributed by atoms with Gasteiger partial charge in [0, 0.05) is 6.42 Å². The Morgan fingerprint density at radius 2 is 1.85 bits per heavy atom. The van der Waals surface area contributed by atoms with Crippen molar-refractivity contribution in [2.45, 2.75) is 25.8 Å². The molecule has 0 saturated carbocycles. The van der Waals surface area contributed by atoms with E-state index in [0.29, 0.717) is 23.1 Å². The molecule has 27 heavy (non-hydrogen) atoms. The number of carbonyl (C=O) groups is 1. The summed E-state index contributed by atoms with van der Waals surface area (Å²) < 4.78 is 11.4. The first-order valence-corrected chi connectivity index (χ1v) is 8.59. The van der Waals surface area contributed by atoms with Gasteiger partial charge >= 0.3 is 0 Å². The first kappa shape index (κ1) is 18.6. The van der Waals surface area contributed by atoms with Crippen molar-refractivity contribution >= 4 is 16.7 Å². The van der Waals surface area contributed by atoms with E-state index in [4.69, 9.17) is 9.47 Å². The first-order valence-electron chi connectivity index (χ1n) is 8.59. The van der Waals surface area contributed by atoms with Crippen LogP contribution >= 0.6 is 0 Å². The quantitative estimate of drug-likeness (QED) is 0.638. The van der Waals surface area contributed by atoms with Crippen molar-refractivity contribution in [3.8, 4) is 11.5 Å². The predicted molar refractivity (Wildman–Crippen MR) is 101 cm³/mol. The maximum Gasteiger partial charge on any atom is 0.278 e. The average molecular weight is 367 g/mol. The minimum absolute atomic E-state index is 0.0209. The minimum Gasteiger partial charge on any atom is -0.497 e. The highest BCUT2D eigenvalue weighted by Crippen LogP contribution is 2.22. The molecule has 1 heterocycles. The second-order valence-electron chi connectivity index (χ2n) is 6.33. The van der Waals surface area contributed by atoms with Crippen LogP contribution in [0.25, 0.3) is 10.9 Å². The molecular formula is C20H21N3O4. The fourth-order valence-electron chi connectivity index (χ4n) is 2.97. The van der Waals surface area contributed by atoms with Crippen LogP contribution in [0.5, 0.6) is 11.5 Å². The van der Waals surface area contributed by atoms with Gasteiger partial charge in [-0.1, -0.05) is 30.3 Å². The molecule has 0 bridgehead atoms. The molecule has 7 nitrogen and oxygen atoms in total. The van der Waals surface area contributed by atoms with Crippen LogP contribution in [-0.4, -0.2) is 35.0 Å². The van der Waals surface area contributed by atoms with Crippen molar-refractivity contribution < 1.29 is 14.3 Å². The van der Waals surface area contributed by atoms with Crippen LogP contribution in [-0.2, 0) is 11.3 Å². The third-order valence-electron chi connectivity index (χ3n) is 4.48. The summed E-state index contributed by atoms with van der Waals surface area (Å²) in [6, 6.07) is 12.7. The van der Waals surface area contributed by atoms with Crippen molar-refractivity contribution in [2.24, 2.45) is 0 Å². The van der Waals surface area contributed by atoms with E-state index in [1.54, 1.807) is 25.3 Å². The zero-order valence-electron chi connectivity index (χ0n) is 15.5. The fourth-order valence-corrected chi connectivity index (χ4v) is 2.97. The van der Waals surface area contributed by atoms with Crippen molar-refractivity contribution in [3.05, 3.63) is 58.4 Å². The zero-order chi connectivity index (χ0) is 19.4. The highest BCUT2D eigenvalue weighted by Gasteiger charge is 2.15. The number of ether oxygens (including phenoxy) is 2. The number of benzene rings is 2. The minimum atomic E-state index is -0.357. The molecule has 0 amide bonds. The molecule has 0 aliphatic heterocycles. The van der Waals surface area contributed by atoms with Crippen LogP contribution in [0.1, 0.15) is 24.8 Å². The fraction of sp³-hybridized carbons (Fsp3) is 0.300. The number of fused-ring (bicyclic) bond motifs is 1. The van der Waals surface area contributed by atoms with Gasteiger partial charge in [-0.25, -0.2) is 4.68 Å². The number of carbonyl (C=O) groups excluding carboxylic acids is 1. The van der Waals surface area contributed by atoms with E-state index in [1.807, 2.05) is 31.2 Å². The smallest absolute Gasteiger partial charge is 0.278 e. The number of rotatable bonds is 7. The molecule has 0 aliphatic rings. The first-order chi connectivity index (χ1) is 13.0. The molecule has 2 aromatic carbocycles. The molecular weight excluding hydrogens is 346 g/mol. The summed E-state index contributed by atoms with van der Waals surface area (Å²) in [4.78, 5) is 25.1. The molecule has 3 aromatic rings. The number of nitrogens with zero attached hydrogens (tertiary/aromatic N) is 3. The van der Waals surface area contributed by atoms with Gasteiger partial charge in [0.25, 0.3) is 5.56 Å². The van der Waals surface area contributed by atoms with E-state index in [0.717, 1.165) is 16.0 Å². The van der Waals surface area contributed by atoms with Crippen LogP contribution < -0.4 is 15.0 Å². The molecule has 0 N–H and O–H groups in total. The van der Waals surface area contributed by atoms with Crippen LogP contribution in [0.2, 0.25) is 0 Å². The third kappa shape index (κ3) is 3.97. The topological polar surface area (TPSA) is 83.3 Å². The summed E-state index contributed by atoms with van der Waals surface area (Å²) in [5.74, 6) is 1.18. The lowest BCUT2D eigenvalue weighted by molar-refractivity contribution is -0.120. The molecule has 0 fully saturated rings. The van der Waals surface area contributed by atoms with Crippen LogP contribution in [0.4, 0.5) is 0 Å². The maximum absolute atomic E-state index is 12.6. The van der Waals surface area contributed by atoms with E-state index in [2.05, 4.69) is 10.3 Å². The van der Waals surface area contributed by atoms with Crippen molar-refractivity contribution in [1.82, 2.24) is 15.0 Å². The standard InChI is InChI=1S/C20H21N3O4/c1-13(14-7-9-16(26-2)10-8-14)11-15(24)12-23-20(25)17-5-4-6-18(27-3)19(17)21-22-23/h4-10,13H,11-12H2,1-3H3/t13-/m1/s1. The van der Waals surface area contributed by atoms with Gasteiger partial charge in [0.05, 0.1) is 19.6 Å². The Labute approximate surface area is 156 Å². The molecule has 7 heteroatoms. The Hall–Kier alpha value is -3.22. The van der Waals surface area contributed by atoms with Crippen molar-refractivity contribution in [1.29, 1.82) is 0 Å². The summed E-state index contributed by atoms with van der Waals surface area (Å²) in [5.41, 5.74) is 1.07. The summed E-state index contributed by atoms with van der Waals surface area (Å²) >= 11 is 0.